The predicted molar refractivity (Wildman–Crippen MR) is 85.4 cm³/mol. The SMILES string of the molecule is Cc1csc(C(C)(C)CCc2ccn(C(C)(C)C)n2)n1. The molecule has 0 aliphatic carbocycles. The molecule has 2 aromatic rings. The molecule has 3 nitrogen and oxygen atoms in total. The van der Waals surface area contributed by atoms with Crippen molar-refractivity contribution in [2.24, 2.45) is 0 Å². The lowest BCUT2D eigenvalue weighted by atomic mass is 9.88. The highest BCUT2D eigenvalue weighted by molar-refractivity contribution is 7.09. The van der Waals surface area contributed by atoms with E-state index in [0.29, 0.717) is 0 Å². The van der Waals surface area contributed by atoms with Crippen molar-refractivity contribution in [1.82, 2.24) is 14.8 Å². The predicted octanol–water partition coefficient (Wildman–Crippen LogP) is 4.31. The Kier molecular flexibility index (Phi) is 4.05. The summed E-state index contributed by atoms with van der Waals surface area (Å²) >= 11 is 1.76. The van der Waals surface area contributed by atoms with Crippen LogP contribution in [0.1, 0.15) is 57.4 Å². The van der Waals surface area contributed by atoms with Crippen LogP contribution in [0.4, 0.5) is 0 Å². The fourth-order valence-electron chi connectivity index (χ4n) is 2.08. The van der Waals surface area contributed by atoms with Crippen LogP contribution in [0.2, 0.25) is 0 Å². The number of nitrogens with zero attached hydrogens (tertiary/aromatic N) is 3. The lowest BCUT2D eigenvalue weighted by Gasteiger charge is -2.21. The molecule has 0 atom stereocenters. The smallest absolute Gasteiger partial charge is 0.0984 e. The zero-order valence-electron chi connectivity index (χ0n) is 13.4. The highest BCUT2D eigenvalue weighted by Crippen LogP contribution is 2.30. The largest absolute Gasteiger partial charge is 0.267 e. The summed E-state index contributed by atoms with van der Waals surface area (Å²) in [6.07, 6.45) is 4.14. The number of aromatic nitrogens is 3. The van der Waals surface area contributed by atoms with Gasteiger partial charge in [-0.15, -0.1) is 11.3 Å². The molecule has 0 spiro atoms. The standard InChI is InChI=1S/C16H25N3S/c1-12-11-20-14(17-12)16(5,6)9-7-13-8-10-19(18-13)15(2,3)4/h8,10-11H,7,9H2,1-6H3. The quantitative estimate of drug-likeness (QED) is 0.840. The normalized spacial score (nSPS) is 12.9. The van der Waals surface area contributed by atoms with Gasteiger partial charge in [-0.2, -0.15) is 5.10 Å². The van der Waals surface area contributed by atoms with Crippen molar-refractivity contribution in [2.75, 3.05) is 0 Å². The van der Waals surface area contributed by atoms with Gasteiger partial charge in [-0.05, 0) is 46.6 Å². The third kappa shape index (κ3) is 3.48. The van der Waals surface area contributed by atoms with E-state index in [4.69, 9.17) is 0 Å². The molecular weight excluding hydrogens is 266 g/mol. The minimum absolute atomic E-state index is 0.0557. The van der Waals surface area contributed by atoms with Gasteiger partial charge in [-0.3, -0.25) is 4.68 Å². The fourth-order valence-corrected chi connectivity index (χ4v) is 3.03. The molecule has 0 bridgehead atoms. The van der Waals surface area contributed by atoms with Crippen LogP contribution in [0.3, 0.4) is 0 Å². The van der Waals surface area contributed by atoms with Gasteiger partial charge < -0.3 is 0 Å². The van der Waals surface area contributed by atoms with Crippen LogP contribution in [-0.2, 0) is 17.4 Å². The molecule has 2 aromatic heterocycles. The minimum atomic E-state index is 0.0557. The summed E-state index contributed by atoms with van der Waals surface area (Å²) < 4.78 is 2.04. The van der Waals surface area contributed by atoms with Crippen molar-refractivity contribution < 1.29 is 0 Å². The van der Waals surface area contributed by atoms with Crippen LogP contribution in [0.5, 0.6) is 0 Å². The first-order valence-electron chi connectivity index (χ1n) is 7.16. The monoisotopic (exact) mass is 291 g/mol. The van der Waals surface area contributed by atoms with Gasteiger partial charge in [-0.1, -0.05) is 13.8 Å². The van der Waals surface area contributed by atoms with Crippen molar-refractivity contribution in [2.45, 2.75) is 65.3 Å². The van der Waals surface area contributed by atoms with Crippen LogP contribution in [-0.4, -0.2) is 14.8 Å². The van der Waals surface area contributed by atoms with Crippen molar-refractivity contribution in [3.8, 4) is 0 Å². The van der Waals surface area contributed by atoms with Gasteiger partial charge in [0.1, 0.15) is 0 Å². The van der Waals surface area contributed by atoms with Gasteiger partial charge in [0.05, 0.1) is 16.2 Å². The van der Waals surface area contributed by atoms with E-state index in [1.807, 2.05) is 4.68 Å². The first kappa shape index (κ1) is 15.2. The van der Waals surface area contributed by atoms with Gasteiger partial charge in [0, 0.05) is 22.7 Å². The summed E-state index contributed by atoms with van der Waals surface area (Å²) in [7, 11) is 0. The Hall–Kier alpha value is -1.16. The zero-order valence-corrected chi connectivity index (χ0v) is 14.2. The summed E-state index contributed by atoms with van der Waals surface area (Å²) in [6.45, 7) is 13.1. The number of hydrogen-bond donors (Lipinski definition) is 0. The van der Waals surface area contributed by atoms with Gasteiger partial charge in [-0.25, -0.2) is 4.98 Å². The van der Waals surface area contributed by atoms with E-state index in [9.17, 15) is 0 Å². The molecular formula is C16H25N3S. The molecule has 0 radical (unpaired) electrons. The molecule has 4 heteroatoms. The summed E-state index contributed by atoms with van der Waals surface area (Å²) in [4.78, 5) is 4.63. The minimum Gasteiger partial charge on any atom is -0.267 e. The average Bonchev–Trinajstić information content (AvgIpc) is 2.94. The number of hydrogen-bond acceptors (Lipinski definition) is 3. The van der Waals surface area contributed by atoms with Crippen LogP contribution in [0, 0.1) is 6.92 Å². The highest BCUT2D eigenvalue weighted by Gasteiger charge is 2.24. The van der Waals surface area contributed by atoms with Crippen molar-refractivity contribution >= 4 is 11.3 Å². The molecule has 20 heavy (non-hydrogen) atoms. The Bertz CT molecular complexity index is 573. The topological polar surface area (TPSA) is 30.7 Å². The molecule has 0 fully saturated rings. The molecule has 2 rings (SSSR count). The molecule has 0 aromatic carbocycles. The van der Waals surface area contributed by atoms with E-state index in [0.717, 1.165) is 18.5 Å². The van der Waals surface area contributed by atoms with E-state index in [2.05, 4.69) is 69.3 Å². The Labute approximate surface area is 126 Å². The Balaban J connectivity index is 2.03. The van der Waals surface area contributed by atoms with Crippen molar-refractivity contribution in [1.29, 1.82) is 0 Å². The van der Waals surface area contributed by atoms with E-state index in [1.165, 1.54) is 10.7 Å². The number of rotatable bonds is 4. The van der Waals surface area contributed by atoms with Crippen LogP contribution < -0.4 is 0 Å². The third-order valence-corrected chi connectivity index (χ3v) is 4.86. The third-order valence-electron chi connectivity index (χ3n) is 3.54. The second kappa shape index (κ2) is 5.32. The molecule has 0 aliphatic heterocycles. The van der Waals surface area contributed by atoms with Gasteiger partial charge >= 0.3 is 0 Å². The first-order valence-corrected chi connectivity index (χ1v) is 8.04. The van der Waals surface area contributed by atoms with Crippen molar-refractivity contribution in [3.05, 3.63) is 34.0 Å². The molecule has 0 amide bonds. The van der Waals surface area contributed by atoms with E-state index < -0.39 is 0 Å². The Morgan fingerprint density at radius 1 is 1.20 bits per heavy atom. The molecule has 110 valence electrons. The molecule has 0 saturated heterocycles. The van der Waals surface area contributed by atoms with E-state index in [-0.39, 0.29) is 11.0 Å². The Morgan fingerprint density at radius 2 is 1.90 bits per heavy atom. The Morgan fingerprint density at radius 3 is 2.40 bits per heavy atom. The maximum atomic E-state index is 4.68. The molecule has 0 N–H and O–H groups in total. The lowest BCUT2D eigenvalue weighted by Crippen LogP contribution is -2.22. The summed E-state index contributed by atoms with van der Waals surface area (Å²) in [6, 6.07) is 2.13. The molecule has 0 aliphatic rings. The highest BCUT2D eigenvalue weighted by atomic mass is 32.1. The van der Waals surface area contributed by atoms with E-state index in [1.54, 1.807) is 11.3 Å². The van der Waals surface area contributed by atoms with Gasteiger partial charge in [0.15, 0.2) is 0 Å². The number of aryl methyl sites for hydroxylation is 2. The lowest BCUT2D eigenvalue weighted by molar-refractivity contribution is 0.352. The second-order valence-electron chi connectivity index (χ2n) is 7.10. The molecule has 2 heterocycles. The molecule has 0 unspecified atom stereocenters. The van der Waals surface area contributed by atoms with Crippen LogP contribution in [0.15, 0.2) is 17.6 Å². The average molecular weight is 291 g/mol. The van der Waals surface area contributed by atoms with E-state index >= 15 is 0 Å². The summed E-state index contributed by atoms with van der Waals surface area (Å²) in [5.74, 6) is 0. The van der Waals surface area contributed by atoms with Crippen molar-refractivity contribution in [3.63, 3.8) is 0 Å². The first-order chi connectivity index (χ1) is 9.18. The maximum Gasteiger partial charge on any atom is 0.0984 e. The van der Waals surface area contributed by atoms with Crippen LogP contribution in [0.25, 0.3) is 0 Å². The number of thiazole rings is 1. The zero-order chi connectivity index (χ0) is 15.0. The summed E-state index contributed by atoms with van der Waals surface area (Å²) in [5.41, 5.74) is 2.46. The van der Waals surface area contributed by atoms with Gasteiger partial charge in [0.25, 0.3) is 0 Å². The van der Waals surface area contributed by atoms with Gasteiger partial charge in [0.2, 0.25) is 0 Å². The maximum absolute atomic E-state index is 4.68. The van der Waals surface area contributed by atoms with Crippen LogP contribution >= 0.6 is 11.3 Å². The second-order valence-corrected chi connectivity index (χ2v) is 7.96. The fraction of sp³-hybridized carbons (Fsp3) is 0.625. The summed E-state index contributed by atoms with van der Waals surface area (Å²) in [5, 5.41) is 8.04. The molecule has 0 saturated carbocycles.